The predicted molar refractivity (Wildman–Crippen MR) is 71.6 cm³/mol. The summed E-state index contributed by atoms with van der Waals surface area (Å²) in [6.45, 7) is 2.94. The lowest BCUT2D eigenvalue weighted by Gasteiger charge is -2.30. The van der Waals surface area contributed by atoms with Crippen molar-refractivity contribution in [3.05, 3.63) is 29.8 Å². The van der Waals surface area contributed by atoms with Gasteiger partial charge in [0.25, 0.3) is 0 Å². The number of benzene rings is 1. The smallest absolute Gasteiger partial charge is 0.248 e. The van der Waals surface area contributed by atoms with Crippen LogP contribution in [0.5, 0.6) is 0 Å². The molecule has 0 bridgehead atoms. The highest BCUT2D eigenvalue weighted by molar-refractivity contribution is 5.93. The van der Waals surface area contributed by atoms with Crippen LogP contribution in [-0.4, -0.2) is 24.7 Å². The third-order valence-corrected chi connectivity index (χ3v) is 3.34. The van der Waals surface area contributed by atoms with Gasteiger partial charge in [-0.25, -0.2) is 0 Å². The summed E-state index contributed by atoms with van der Waals surface area (Å²) in [7, 11) is 0. The van der Waals surface area contributed by atoms with E-state index in [-0.39, 0.29) is 0 Å². The number of nitrogens with two attached hydrogens (primary N) is 1. The number of primary amides is 1. The zero-order valence-corrected chi connectivity index (χ0v) is 10.7. The Morgan fingerprint density at radius 1 is 1.56 bits per heavy atom. The van der Waals surface area contributed by atoms with Crippen LogP contribution in [0.3, 0.4) is 0 Å². The van der Waals surface area contributed by atoms with E-state index in [2.05, 4.69) is 12.2 Å². The second-order valence-electron chi connectivity index (χ2n) is 4.71. The second kappa shape index (κ2) is 5.87. The zero-order valence-electron chi connectivity index (χ0n) is 10.7. The molecule has 98 valence electrons. The summed E-state index contributed by atoms with van der Waals surface area (Å²) >= 11 is 0. The van der Waals surface area contributed by atoms with E-state index in [0.717, 1.165) is 31.6 Å². The van der Waals surface area contributed by atoms with E-state index in [9.17, 15) is 4.79 Å². The van der Waals surface area contributed by atoms with Crippen molar-refractivity contribution in [3.8, 4) is 0 Å². The lowest BCUT2D eigenvalue weighted by molar-refractivity contribution is 0.00925. The summed E-state index contributed by atoms with van der Waals surface area (Å²) in [4.78, 5) is 11.1. The van der Waals surface area contributed by atoms with E-state index in [1.54, 1.807) is 12.1 Å². The summed E-state index contributed by atoms with van der Waals surface area (Å²) in [6.07, 6.45) is 3.39. The highest BCUT2D eigenvalue weighted by Crippen LogP contribution is 2.21. The van der Waals surface area contributed by atoms with Crippen LogP contribution >= 0.6 is 0 Å². The Morgan fingerprint density at radius 3 is 3.11 bits per heavy atom. The fraction of sp³-hybridized carbons (Fsp3) is 0.500. The minimum absolute atomic E-state index is 0.343. The Hall–Kier alpha value is -1.55. The molecule has 0 saturated carbocycles. The first-order valence-electron chi connectivity index (χ1n) is 6.47. The molecule has 2 rings (SSSR count). The highest BCUT2D eigenvalue weighted by atomic mass is 16.5. The summed E-state index contributed by atoms with van der Waals surface area (Å²) in [5, 5.41) is 3.45. The molecule has 2 atom stereocenters. The number of hydrogen-bond acceptors (Lipinski definition) is 3. The van der Waals surface area contributed by atoms with Crippen molar-refractivity contribution >= 4 is 11.6 Å². The standard InChI is InChI=1S/C14H20N2O2/c1-2-13-9-12(6-7-18-13)16-11-5-3-4-10(8-11)14(15)17/h3-5,8,12-13,16H,2,6-7,9H2,1H3,(H2,15,17). The number of amides is 1. The Balaban J connectivity index is 2.00. The number of rotatable bonds is 4. The first-order valence-corrected chi connectivity index (χ1v) is 6.47. The minimum Gasteiger partial charge on any atom is -0.382 e. The number of carbonyl (C=O) groups excluding carboxylic acids is 1. The maximum Gasteiger partial charge on any atom is 0.248 e. The molecular weight excluding hydrogens is 228 g/mol. The molecule has 1 heterocycles. The molecular formula is C14H20N2O2. The van der Waals surface area contributed by atoms with Crippen LogP contribution in [0.2, 0.25) is 0 Å². The summed E-state index contributed by atoms with van der Waals surface area (Å²) in [5.74, 6) is -0.392. The van der Waals surface area contributed by atoms with Gasteiger partial charge in [-0.2, -0.15) is 0 Å². The Kier molecular flexibility index (Phi) is 4.20. The van der Waals surface area contributed by atoms with Gasteiger partial charge in [-0.15, -0.1) is 0 Å². The van der Waals surface area contributed by atoms with Crippen LogP contribution in [0.15, 0.2) is 24.3 Å². The molecule has 18 heavy (non-hydrogen) atoms. The predicted octanol–water partition coefficient (Wildman–Crippen LogP) is 2.16. The fourth-order valence-corrected chi connectivity index (χ4v) is 2.29. The van der Waals surface area contributed by atoms with Gasteiger partial charge in [-0.05, 0) is 37.5 Å². The number of nitrogens with one attached hydrogen (secondary N) is 1. The van der Waals surface area contributed by atoms with Crippen molar-refractivity contribution < 1.29 is 9.53 Å². The molecule has 0 aromatic heterocycles. The van der Waals surface area contributed by atoms with Crippen molar-refractivity contribution in [3.63, 3.8) is 0 Å². The molecule has 0 aliphatic carbocycles. The van der Waals surface area contributed by atoms with Crippen LogP contribution in [0, 0.1) is 0 Å². The summed E-state index contributed by atoms with van der Waals surface area (Å²) in [6, 6.07) is 7.75. The summed E-state index contributed by atoms with van der Waals surface area (Å²) in [5.41, 5.74) is 6.77. The lowest BCUT2D eigenvalue weighted by atomic mass is 10.0. The van der Waals surface area contributed by atoms with Crippen LogP contribution in [0.25, 0.3) is 0 Å². The van der Waals surface area contributed by atoms with Gasteiger partial charge < -0.3 is 15.8 Å². The third kappa shape index (κ3) is 3.23. The van der Waals surface area contributed by atoms with Gasteiger partial charge >= 0.3 is 0 Å². The van der Waals surface area contributed by atoms with E-state index in [1.807, 2.05) is 12.1 Å². The van der Waals surface area contributed by atoms with E-state index in [0.29, 0.717) is 17.7 Å². The minimum atomic E-state index is -0.392. The Labute approximate surface area is 108 Å². The maximum absolute atomic E-state index is 11.1. The van der Waals surface area contributed by atoms with E-state index < -0.39 is 5.91 Å². The third-order valence-electron chi connectivity index (χ3n) is 3.34. The van der Waals surface area contributed by atoms with Crippen molar-refractivity contribution in [1.29, 1.82) is 0 Å². The lowest BCUT2D eigenvalue weighted by Crippen LogP contribution is -2.33. The van der Waals surface area contributed by atoms with Crippen molar-refractivity contribution in [1.82, 2.24) is 0 Å². The molecule has 1 saturated heterocycles. The van der Waals surface area contributed by atoms with E-state index in [1.165, 1.54) is 0 Å². The maximum atomic E-state index is 11.1. The number of ether oxygens (including phenoxy) is 1. The highest BCUT2D eigenvalue weighted by Gasteiger charge is 2.21. The zero-order chi connectivity index (χ0) is 13.0. The van der Waals surface area contributed by atoms with Crippen LogP contribution < -0.4 is 11.1 Å². The molecule has 1 aromatic rings. The Morgan fingerprint density at radius 2 is 2.39 bits per heavy atom. The van der Waals surface area contributed by atoms with E-state index in [4.69, 9.17) is 10.5 Å². The molecule has 0 radical (unpaired) electrons. The van der Waals surface area contributed by atoms with Gasteiger partial charge in [-0.3, -0.25) is 4.79 Å². The van der Waals surface area contributed by atoms with Crippen molar-refractivity contribution in [2.75, 3.05) is 11.9 Å². The quantitative estimate of drug-likeness (QED) is 0.858. The monoisotopic (exact) mass is 248 g/mol. The number of hydrogen-bond donors (Lipinski definition) is 2. The largest absolute Gasteiger partial charge is 0.382 e. The topological polar surface area (TPSA) is 64.3 Å². The number of carbonyl (C=O) groups is 1. The molecule has 4 heteroatoms. The van der Waals surface area contributed by atoms with Gasteiger partial charge in [0.1, 0.15) is 0 Å². The van der Waals surface area contributed by atoms with Gasteiger partial charge in [0.2, 0.25) is 5.91 Å². The van der Waals surface area contributed by atoms with Gasteiger partial charge in [-0.1, -0.05) is 13.0 Å². The molecule has 0 spiro atoms. The average Bonchev–Trinajstić information content (AvgIpc) is 2.39. The van der Waals surface area contributed by atoms with Gasteiger partial charge in [0.15, 0.2) is 0 Å². The normalized spacial score (nSPS) is 23.6. The van der Waals surface area contributed by atoms with Gasteiger partial charge in [0, 0.05) is 23.9 Å². The molecule has 1 fully saturated rings. The van der Waals surface area contributed by atoms with Crippen molar-refractivity contribution in [2.24, 2.45) is 5.73 Å². The first kappa shape index (κ1) is 12.9. The molecule has 1 aliphatic rings. The van der Waals surface area contributed by atoms with Gasteiger partial charge in [0.05, 0.1) is 6.10 Å². The number of anilines is 1. The first-order chi connectivity index (χ1) is 8.69. The van der Waals surface area contributed by atoms with Crippen molar-refractivity contribution in [2.45, 2.75) is 38.3 Å². The van der Waals surface area contributed by atoms with Crippen LogP contribution in [0.4, 0.5) is 5.69 Å². The van der Waals surface area contributed by atoms with Crippen LogP contribution in [-0.2, 0) is 4.74 Å². The molecule has 3 N–H and O–H groups in total. The molecule has 4 nitrogen and oxygen atoms in total. The fourth-order valence-electron chi connectivity index (χ4n) is 2.29. The van der Waals surface area contributed by atoms with E-state index >= 15 is 0 Å². The molecule has 1 amide bonds. The second-order valence-corrected chi connectivity index (χ2v) is 4.71. The molecule has 1 aliphatic heterocycles. The average molecular weight is 248 g/mol. The Bertz CT molecular complexity index is 420. The summed E-state index contributed by atoms with van der Waals surface area (Å²) < 4.78 is 5.64. The van der Waals surface area contributed by atoms with Crippen LogP contribution in [0.1, 0.15) is 36.5 Å². The SMILES string of the molecule is CCC1CC(Nc2cccc(C(N)=O)c2)CCO1. The molecule has 1 aromatic carbocycles. The molecule has 2 unspecified atom stereocenters.